The fraction of sp³-hybridized carbons (Fsp3) is 0.190. The summed E-state index contributed by atoms with van der Waals surface area (Å²) < 4.78 is 0. The third-order valence-corrected chi connectivity index (χ3v) is 5.13. The number of nitrogens with one attached hydrogen (secondary N) is 4. The number of para-hydroxylation sites is 1. The van der Waals surface area contributed by atoms with Gasteiger partial charge in [-0.25, -0.2) is 0 Å². The van der Waals surface area contributed by atoms with Crippen molar-refractivity contribution in [2.24, 2.45) is 4.99 Å². The van der Waals surface area contributed by atoms with E-state index < -0.39 is 0 Å². The SMILES string of the molecule is Clc1ccc(C2NC(=NCCNC3=CCNC=C3)c3ccccc3N2)c(Cl)c1. The third kappa shape index (κ3) is 4.26. The van der Waals surface area contributed by atoms with Crippen molar-refractivity contribution in [3.05, 3.63) is 87.7 Å². The van der Waals surface area contributed by atoms with E-state index >= 15 is 0 Å². The van der Waals surface area contributed by atoms with E-state index in [4.69, 9.17) is 28.2 Å². The summed E-state index contributed by atoms with van der Waals surface area (Å²) in [5.74, 6) is 0.849. The van der Waals surface area contributed by atoms with Gasteiger partial charge in [-0.05, 0) is 42.6 Å². The number of aliphatic imine (C=N–C) groups is 1. The number of halogens is 2. The minimum atomic E-state index is -0.179. The molecule has 2 aromatic rings. The Morgan fingerprint density at radius 2 is 2.00 bits per heavy atom. The van der Waals surface area contributed by atoms with Crippen LogP contribution in [-0.2, 0) is 0 Å². The van der Waals surface area contributed by atoms with Gasteiger partial charge in [0.05, 0.1) is 6.54 Å². The molecule has 4 N–H and O–H groups in total. The Kier molecular flexibility index (Phi) is 5.74. The van der Waals surface area contributed by atoms with Crippen molar-refractivity contribution < 1.29 is 0 Å². The molecule has 0 aliphatic carbocycles. The van der Waals surface area contributed by atoms with Gasteiger partial charge >= 0.3 is 0 Å². The number of hydrogen-bond donors (Lipinski definition) is 4. The molecule has 0 spiro atoms. The standard InChI is InChI=1S/C21H21Cl2N5/c22-14-5-6-16(18(23)13-14)21-27-19-4-2-1-3-17(19)20(28-21)26-12-11-25-15-7-9-24-10-8-15/h1-9,13,21,24-25,27H,10-12H2,(H,26,28). The number of benzene rings is 2. The predicted molar refractivity (Wildman–Crippen MR) is 117 cm³/mol. The molecule has 144 valence electrons. The van der Waals surface area contributed by atoms with E-state index in [0.29, 0.717) is 16.6 Å². The van der Waals surface area contributed by atoms with E-state index in [2.05, 4.69) is 33.4 Å². The molecule has 0 bridgehead atoms. The van der Waals surface area contributed by atoms with Gasteiger partial charge in [0.1, 0.15) is 12.0 Å². The van der Waals surface area contributed by atoms with Crippen LogP contribution in [0.15, 0.2) is 71.5 Å². The van der Waals surface area contributed by atoms with Crippen LogP contribution in [0.5, 0.6) is 0 Å². The summed E-state index contributed by atoms with van der Waals surface area (Å²) in [5.41, 5.74) is 4.11. The van der Waals surface area contributed by atoms with Crippen molar-refractivity contribution in [3.63, 3.8) is 0 Å². The molecule has 0 fully saturated rings. The van der Waals surface area contributed by atoms with Gasteiger partial charge in [0.15, 0.2) is 0 Å². The second-order valence-corrected chi connectivity index (χ2v) is 7.33. The van der Waals surface area contributed by atoms with Crippen molar-refractivity contribution in [2.75, 3.05) is 25.0 Å². The van der Waals surface area contributed by atoms with E-state index in [0.717, 1.165) is 41.4 Å². The first-order chi connectivity index (χ1) is 13.7. The van der Waals surface area contributed by atoms with Crippen LogP contribution in [0.2, 0.25) is 10.0 Å². The van der Waals surface area contributed by atoms with Crippen LogP contribution in [0.25, 0.3) is 0 Å². The molecule has 0 saturated carbocycles. The van der Waals surface area contributed by atoms with Crippen molar-refractivity contribution >= 4 is 34.7 Å². The Balaban J connectivity index is 1.51. The van der Waals surface area contributed by atoms with E-state index in [9.17, 15) is 0 Å². The lowest BCUT2D eigenvalue weighted by atomic mass is 10.1. The topological polar surface area (TPSA) is 60.5 Å². The molecule has 4 rings (SSSR count). The summed E-state index contributed by atoms with van der Waals surface area (Å²) in [6, 6.07) is 13.6. The van der Waals surface area contributed by atoms with Crippen LogP contribution in [0, 0.1) is 0 Å². The number of nitrogens with zero attached hydrogens (tertiary/aromatic N) is 1. The third-order valence-electron chi connectivity index (χ3n) is 4.57. The zero-order valence-corrected chi connectivity index (χ0v) is 16.7. The first-order valence-corrected chi connectivity index (χ1v) is 9.92. The van der Waals surface area contributed by atoms with E-state index in [1.165, 1.54) is 0 Å². The van der Waals surface area contributed by atoms with Gasteiger partial charge in [-0.1, -0.05) is 41.4 Å². The molecule has 7 heteroatoms. The molecule has 2 aromatic carbocycles. The smallest absolute Gasteiger partial charge is 0.132 e. The number of fused-ring (bicyclic) bond motifs is 1. The number of anilines is 1. The van der Waals surface area contributed by atoms with Crippen LogP contribution >= 0.6 is 23.2 Å². The van der Waals surface area contributed by atoms with Crippen LogP contribution in [0.4, 0.5) is 5.69 Å². The lowest BCUT2D eigenvalue weighted by molar-refractivity contribution is 0.712. The van der Waals surface area contributed by atoms with Gasteiger partial charge < -0.3 is 21.3 Å². The van der Waals surface area contributed by atoms with E-state index in [-0.39, 0.29) is 6.17 Å². The van der Waals surface area contributed by atoms with Crippen molar-refractivity contribution in [1.82, 2.24) is 16.0 Å². The first kappa shape index (κ1) is 18.7. The summed E-state index contributed by atoms with van der Waals surface area (Å²) in [4.78, 5) is 4.80. The summed E-state index contributed by atoms with van der Waals surface area (Å²) in [7, 11) is 0. The largest absolute Gasteiger partial charge is 0.387 e. The molecule has 1 atom stereocenters. The summed E-state index contributed by atoms with van der Waals surface area (Å²) in [5, 5.41) is 14.7. The fourth-order valence-electron chi connectivity index (χ4n) is 3.20. The van der Waals surface area contributed by atoms with Crippen LogP contribution in [0.1, 0.15) is 17.3 Å². The van der Waals surface area contributed by atoms with Crippen LogP contribution in [-0.4, -0.2) is 25.5 Å². The Morgan fingerprint density at radius 3 is 2.82 bits per heavy atom. The van der Waals surface area contributed by atoms with Gasteiger partial charge in [-0.3, -0.25) is 4.99 Å². The normalized spacial score (nSPS) is 19.1. The van der Waals surface area contributed by atoms with Crippen molar-refractivity contribution in [2.45, 2.75) is 6.17 Å². The minimum Gasteiger partial charge on any atom is -0.387 e. The predicted octanol–water partition coefficient (Wildman–Crippen LogP) is 4.04. The van der Waals surface area contributed by atoms with Crippen molar-refractivity contribution in [1.29, 1.82) is 0 Å². The highest BCUT2D eigenvalue weighted by molar-refractivity contribution is 6.35. The molecule has 5 nitrogen and oxygen atoms in total. The highest BCUT2D eigenvalue weighted by Crippen LogP contribution is 2.31. The molecular weight excluding hydrogens is 393 g/mol. The van der Waals surface area contributed by atoms with E-state index in [1.807, 2.05) is 42.6 Å². The summed E-state index contributed by atoms with van der Waals surface area (Å²) >= 11 is 12.5. The molecule has 2 aliphatic rings. The Bertz CT molecular complexity index is 952. The number of amidine groups is 1. The quantitative estimate of drug-likeness (QED) is 0.558. The monoisotopic (exact) mass is 413 g/mol. The lowest BCUT2D eigenvalue weighted by Crippen LogP contribution is -2.39. The van der Waals surface area contributed by atoms with Crippen LogP contribution in [0.3, 0.4) is 0 Å². The average molecular weight is 414 g/mol. The maximum atomic E-state index is 6.42. The number of rotatable bonds is 5. The Labute approximate surface area is 174 Å². The number of dihydropyridines is 1. The number of hydrogen-bond acceptors (Lipinski definition) is 4. The molecule has 1 unspecified atom stereocenters. The number of allylic oxidation sites excluding steroid dienone is 1. The molecule has 2 aliphatic heterocycles. The van der Waals surface area contributed by atoms with Crippen molar-refractivity contribution in [3.8, 4) is 0 Å². The van der Waals surface area contributed by atoms with E-state index in [1.54, 1.807) is 6.07 Å². The second-order valence-electron chi connectivity index (χ2n) is 6.49. The first-order valence-electron chi connectivity index (χ1n) is 9.16. The second kappa shape index (κ2) is 8.59. The summed E-state index contributed by atoms with van der Waals surface area (Å²) in [6.07, 6.45) is 5.90. The van der Waals surface area contributed by atoms with Gasteiger partial charge in [0.25, 0.3) is 0 Å². The maximum absolute atomic E-state index is 6.42. The Morgan fingerprint density at radius 1 is 1.11 bits per heavy atom. The molecule has 28 heavy (non-hydrogen) atoms. The molecule has 0 aromatic heterocycles. The average Bonchev–Trinajstić information content (AvgIpc) is 2.72. The van der Waals surface area contributed by atoms with Gasteiger partial charge in [0.2, 0.25) is 0 Å². The fourth-order valence-corrected chi connectivity index (χ4v) is 3.71. The molecule has 0 radical (unpaired) electrons. The van der Waals surface area contributed by atoms with Gasteiger partial charge in [-0.2, -0.15) is 0 Å². The Hall–Kier alpha value is -2.63. The zero-order valence-electron chi connectivity index (χ0n) is 15.2. The molecule has 0 saturated heterocycles. The molecular formula is C21H21Cl2N5. The summed E-state index contributed by atoms with van der Waals surface area (Å²) in [6.45, 7) is 2.25. The van der Waals surface area contributed by atoms with Gasteiger partial charge in [-0.15, -0.1) is 0 Å². The van der Waals surface area contributed by atoms with Crippen LogP contribution < -0.4 is 21.3 Å². The molecule has 2 heterocycles. The highest BCUT2D eigenvalue weighted by Gasteiger charge is 2.24. The highest BCUT2D eigenvalue weighted by atomic mass is 35.5. The minimum absolute atomic E-state index is 0.179. The maximum Gasteiger partial charge on any atom is 0.132 e. The lowest BCUT2D eigenvalue weighted by Gasteiger charge is -2.31. The van der Waals surface area contributed by atoms with Gasteiger partial charge in [0, 0.05) is 45.6 Å². The molecule has 0 amide bonds. The zero-order chi connectivity index (χ0) is 19.3.